The Morgan fingerprint density at radius 3 is 2.65 bits per heavy atom. The smallest absolute Gasteiger partial charge is 0.343 e. The maximum Gasteiger partial charge on any atom is 0.343 e. The first-order chi connectivity index (χ1) is 8.20. The van der Waals surface area contributed by atoms with E-state index >= 15 is 0 Å². The Hall–Kier alpha value is -2.17. The summed E-state index contributed by atoms with van der Waals surface area (Å²) in [6, 6.07) is 6.75. The number of urea groups is 1. The second-order valence-electron chi connectivity index (χ2n) is 3.66. The van der Waals surface area contributed by atoms with E-state index in [0.29, 0.717) is 18.7 Å². The fraction of sp³-hybridized carbons (Fsp3) is 0.250. The molecule has 0 aliphatic carbocycles. The predicted molar refractivity (Wildman–Crippen MR) is 62.1 cm³/mol. The molecule has 0 atom stereocenters. The van der Waals surface area contributed by atoms with Crippen LogP contribution in [0.3, 0.4) is 0 Å². The summed E-state index contributed by atoms with van der Waals surface area (Å²) in [6.45, 7) is 1.04. The lowest BCUT2D eigenvalue weighted by atomic mass is 10.1. The average molecular weight is 232 g/mol. The number of aliphatic imine (C=N–C) groups is 1. The third-order valence-electron chi connectivity index (χ3n) is 2.52. The molecule has 0 unspecified atom stereocenters. The number of rotatable bonds is 3. The summed E-state index contributed by atoms with van der Waals surface area (Å²) in [6.07, 6.45) is 1.59. The van der Waals surface area contributed by atoms with Crippen molar-refractivity contribution in [2.45, 2.75) is 6.54 Å². The average Bonchev–Trinajstić information content (AvgIpc) is 2.75. The Bertz CT molecular complexity index is 465. The standard InChI is InChI=1S/C12H12N2O3/c1-17-11(15)10-4-2-9(3-5-10)8-14-7-6-13-12(14)16/h2-6H,7-8H2,1H3. The van der Waals surface area contributed by atoms with E-state index in [1.807, 2.05) is 0 Å². The maximum atomic E-state index is 11.3. The Balaban J connectivity index is 2.03. The molecule has 1 aromatic carbocycles. The molecule has 2 amide bonds. The van der Waals surface area contributed by atoms with Crippen molar-refractivity contribution in [1.29, 1.82) is 0 Å². The third kappa shape index (κ3) is 2.50. The second kappa shape index (κ2) is 4.78. The molecule has 5 nitrogen and oxygen atoms in total. The maximum absolute atomic E-state index is 11.3. The summed E-state index contributed by atoms with van der Waals surface area (Å²) >= 11 is 0. The van der Waals surface area contributed by atoms with Gasteiger partial charge in [-0.3, -0.25) is 0 Å². The topological polar surface area (TPSA) is 59.0 Å². The highest BCUT2D eigenvalue weighted by Gasteiger charge is 2.16. The number of ether oxygens (including phenoxy) is 1. The predicted octanol–water partition coefficient (Wildman–Crippen LogP) is 1.48. The zero-order chi connectivity index (χ0) is 12.3. The van der Waals surface area contributed by atoms with Crippen molar-refractivity contribution in [2.24, 2.45) is 4.99 Å². The Morgan fingerprint density at radius 2 is 2.12 bits per heavy atom. The molecule has 2 rings (SSSR count). The summed E-state index contributed by atoms with van der Waals surface area (Å²) in [5.41, 5.74) is 1.46. The quantitative estimate of drug-likeness (QED) is 0.741. The first-order valence-electron chi connectivity index (χ1n) is 5.19. The van der Waals surface area contributed by atoms with Crippen LogP contribution in [0.25, 0.3) is 0 Å². The molecule has 0 aromatic heterocycles. The monoisotopic (exact) mass is 232 g/mol. The van der Waals surface area contributed by atoms with Crippen molar-refractivity contribution in [1.82, 2.24) is 4.90 Å². The van der Waals surface area contributed by atoms with Crippen LogP contribution in [0.1, 0.15) is 15.9 Å². The molecular formula is C12H12N2O3. The zero-order valence-electron chi connectivity index (χ0n) is 9.42. The molecule has 17 heavy (non-hydrogen) atoms. The van der Waals surface area contributed by atoms with Crippen LogP contribution in [0, 0.1) is 0 Å². The molecule has 1 aliphatic rings. The van der Waals surface area contributed by atoms with Crippen molar-refractivity contribution < 1.29 is 14.3 Å². The number of amides is 2. The summed E-state index contributed by atoms with van der Waals surface area (Å²) in [5.74, 6) is -0.364. The van der Waals surface area contributed by atoms with Crippen molar-refractivity contribution in [3.63, 3.8) is 0 Å². The van der Waals surface area contributed by atoms with Gasteiger partial charge in [0.1, 0.15) is 0 Å². The van der Waals surface area contributed by atoms with Gasteiger partial charge in [-0.1, -0.05) is 12.1 Å². The van der Waals surface area contributed by atoms with Gasteiger partial charge in [-0.05, 0) is 17.7 Å². The number of benzene rings is 1. The van der Waals surface area contributed by atoms with Crippen LogP contribution in [0.4, 0.5) is 4.79 Å². The number of nitrogens with zero attached hydrogens (tertiary/aromatic N) is 2. The molecule has 5 heteroatoms. The molecule has 1 heterocycles. The van der Waals surface area contributed by atoms with Crippen molar-refractivity contribution >= 4 is 18.2 Å². The second-order valence-corrected chi connectivity index (χ2v) is 3.66. The fourth-order valence-electron chi connectivity index (χ4n) is 1.59. The highest BCUT2D eigenvalue weighted by Crippen LogP contribution is 2.10. The summed E-state index contributed by atoms with van der Waals surface area (Å²) in [4.78, 5) is 27.7. The van der Waals surface area contributed by atoms with E-state index in [2.05, 4.69) is 9.73 Å². The van der Waals surface area contributed by atoms with E-state index in [4.69, 9.17) is 0 Å². The largest absolute Gasteiger partial charge is 0.465 e. The zero-order valence-corrected chi connectivity index (χ0v) is 9.42. The molecule has 0 bridgehead atoms. The molecule has 1 aromatic rings. The van der Waals surface area contributed by atoms with Crippen molar-refractivity contribution in [2.75, 3.05) is 13.7 Å². The number of methoxy groups -OCH3 is 1. The number of carbonyl (C=O) groups is 2. The lowest BCUT2D eigenvalue weighted by Crippen LogP contribution is -2.24. The minimum Gasteiger partial charge on any atom is -0.465 e. The molecule has 0 fully saturated rings. The number of esters is 1. The molecule has 0 saturated carbocycles. The molecule has 0 saturated heterocycles. The molecule has 88 valence electrons. The number of hydrogen-bond donors (Lipinski definition) is 0. The van der Waals surface area contributed by atoms with Crippen LogP contribution in [0.15, 0.2) is 29.3 Å². The molecular weight excluding hydrogens is 220 g/mol. The van der Waals surface area contributed by atoms with Gasteiger partial charge in [0.05, 0.1) is 19.2 Å². The minimum atomic E-state index is -0.364. The Morgan fingerprint density at radius 1 is 1.41 bits per heavy atom. The summed E-state index contributed by atoms with van der Waals surface area (Å²) < 4.78 is 4.60. The Kier molecular flexibility index (Phi) is 3.18. The van der Waals surface area contributed by atoms with Crippen LogP contribution in [0.5, 0.6) is 0 Å². The van der Waals surface area contributed by atoms with Crippen LogP contribution in [-0.4, -0.2) is 36.8 Å². The first kappa shape index (κ1) is 11.3. The van der Waals surface area contributed by atoms with Crippen LogP contribution in [0.2, 0.25) is 0 Å². The lowest BCUT2D eigenvalue weighted by molar-refractivity contribution is 0.0600. The lowest BCUT2D eigenvalue weighted by Gasteiger charge is -2.13. The van der Waals surface area contributed by atoms with Gasteiger partial charge in [-0.15, -0.1) is 0 Å². The molecule has 0 N–H and O–H groups in total. The van der Waals surface area contributed by atoms with Gasteiger partial charge in [0.15, 0.2) is 0 Å². The van der Waals surface area contributed by atoms with Crippen molar-refractivity contribution in [3.05, 3.63) is 35.4 Å². The molecule has 0 spiro atoms. The van der Waals surface area contributed by atoms with Gasteiger partial charge in [0.2, 0.25) is 0 Å². The van der Waals surface area contributed by atoms with Gasteiger partial charge in [-0.25, -0.2) is 14.6 Å². The van der Waals surface area contributed by atoms with Gasteiger partial charge < -0.3 is 9.64 Å². The van der Waals surface area contributed by atoms with Crippen LogP contribution < -0.4 is 0 Å². The highest BCUT2D eigenvalue weighted by atomic mass is 16.5. The number of carbonyl (C=O) groups excluding carboxylic acids is 2. The van der Waals surface area contributed by atoms with E-state index in [9.17, 15) is 9.59 Å². The van der Waals surface area contributed by atoms with Gasteiger partial charge in [0, 0.05) is 12.8 Å². The van der Waals surface area contributed by atoms with E-state index in [1.54, 1.807) is 35.4 Å². The van der Waals surface area contributed by atoms with E-state index in [1.165, 1.54) is 7.11 Å². The third-order valence-corrected chi connectivity index (χ3v) is 2.52. The van der Waals surface area contributed by atoms with Crippen LogP contribution >= 0.6 is 0 Å². The summed E-state index contributed by atoms with van der Waals surface area (Å²) in [5, 5.41) is 0. The van der Waals surface area contributed by atoms with Crippen molar-refractivity contribution in [3.8, 4) is 0 Å². The van der Waals surface area contributed by atoms with E-state index in [-0.39, 0.29) is 12.0 Å². The number of hydrogen-bond acceptors (Lipinski definition) is 3. The van der Waals surface area contributed by atoms with Gasteiger partial charge in [-0.2, -0.15) is 0 Å². The molecule has 1 aliphatic heterocycles. The SMILES string of the molecule is COC(=O)c1ccc(CN2CC=NC2=O)cc1. The highest BCUT2D eigenvalue weighted by molar-refractivity contribution is 5.91. The van der Waals surface area contributed by atoms with E-state index in [0.717, 1.165) is 5.56 Å². The van der Waals surface area contributed by atoms with Crippen LogP contribution in [-0.2, 0) is 11.3 Å². The molecule has 0 radical (unpaired) electrons. The normalized spacial score (nSPS) is 14.2. The minimum absolute atomic E-state index is 0.220. The van der Waals surface area contributed by atoms with E-state index < -0.39 is 0 Å². The summed E-state index contributed by atoms with van der Waals surface area (Å²) in [7, 11) is 1.34. The first-order valence-corrected chi connectivity index (χ1v) is 5.19. The Labute approximate surface area is 98.7 Å². The van der Waals surface area contributed by atoms with Gasteiger partial charge >= 0.3 is 12.0 Å². The fourth-order valence-corrected chi connectivity index (χ4v) is 1.59. The van der Waals surface area contributed by atoms with Gasteiger partial charge in [0.25, 0.3) is 0 Å².